The molecule has 0 saturated heterocycles. The van der Waals surface area contributed by atoms with Gasteiger partial charge >= 0.3 is 0 Å². The second kappa shape index (κ2) is 4.45. The summed E-state index contributed by atoms with van der Waals surface area (Å²) in [4.78, 5) is 1.50. The van der Waals surface area contributed by atoms with Crippen LogP contribution in [0.2, 0.25) is 0 Å². The second-order valence-electron chi connectivity index (χ2n) is 4.62. The molecule has 0 bridgehead atoms. The Balaban J connectivity index is 1.71. The van der Waals surface area contributed by atoms with E-state index in [4.69, 9.17) is 0 Å². The van der Waals surface area contributed by atoms with Gasteiger partial charge in [-0.1, -0.05) is 13.0 Å². The van der Waals surface area contributed by atoms with Crippen LogP contribution in [0.4, 0.5) is 0 Å². The van der Waals surface area contributed by atoms with Crippen molar-refractivity contribution < 1.29 is 0 Å². The maximum atomic E-state index is 3.69. The van der Waals surface area contributed by atoms with E-state index in [1.165, 1.54) is 24.1 Å². The molecule has 1 aliphatic carbocycles. The third-order valence-electron chi connectivity index (χ3n) is 2.98. The summed E-state index contributed by atoms with van der Waals surface area (Å²) >= 11 is 1.86. The van der Waals surface area contributed by atoms with E-state index in [2.05, 4.69) is 36.7 Å². The van der Waals surface area contributed by atoms with Crippen molar-refractivity contribution in [3.05, 3.63) is 22.4 Å². The molecule has 1 atom stereocenters. The zero-order valence-electron chi connectivity index (χ0n) is 8.99. The Morgan fingerprint density at radius 3 is 2.93 bits per heavy atom. The summed E-state index contributed by atoms with van der Waals surface area (Å²) in [5.41, 5.74) is 0. The van der Waals surface area contributed by atoms with Crippen LogP contribution < -0.4 is 5.32 Å². The number of hydrogen-bond acceptors (Lipinski definition) is 2. The summed E-state index contributed by atoms with van der Waals surface area (Å²) in [6.45, 7) is 4.63. The molecule has 1 aromatic rings. The van der Waals surface area contributed by atoms with Crippen molar-refractivity contribution in [3.63, 3.8) is 0 Å². The average Bonchev–Trinajstić information content (AvgIpc) is 2.54. The second-order valence-corrected chi connectivity index (χ2v) is 5.66. The lowest BCUT2D eigenvalue weighted by molar-refractivity contribution is 0.225. The van der Waals surface area contributed by atoms with E-state index >= 15 is 0 Å². The highest BCUT2D eigenvalue weighted by Gasteiger charge is 2.25. The van der Waals surface area contributed by atoms with Gasteiger partial charge in [0.25, 0.3) is 0 Å². The lowest BCUT2D eigenvalue weighted by atomic mass is 9.81. The number of hydrogen-bond donors (Lipinski definition) is 1. The molecule has 1 N–H and O–H groups in total. The molecule has 78 valence electrons. The van der Waals surface area contributed by atoms with Gasteiger partial charge in [0.1, 0.15) is 0 Å². The highest BCUT2D eigenvalue weighted by atomic mass is 32.1. The first-order valence-corrected chi connectivity index (χ1v) is 6.40. The van der Waals surface area contributed by atoms with Crippen molar-refractivity contribution in [1.82, 2.24) is 5.32 Å². The van der Waals surface area contributed by atoms with Crippen LogP contribution in [-0.2, 0) is 6.42 Å². The predicted molar refractivity (Wildman–Crippen MR) is 62.8 cm³/mol. The first-order valence-electron chi connectivity index (χ1n) is 5.52. The Labute approximate surface area is 90.5 Å². The molecule has 0 aliphatic heterocycles. The van der Waals surface area contributed by atoms with Crippen molar-refractivity contribution in [2.24, 2.45) is 5.92 Å². The lowest BCUT2D eigenvalue weighted by Crippen LogP contribution is -2.45. The molecule has 1 heterocycles. The highest BCUT2D eigenvalue weighted by molar-refractivity contribution is 7.09. The molecular formula is C12H19NS. The van der Waals surface area contributed by atoms with Crippen LogP contribution in [0, 0.1) is 5.92 Å². The number of thiophene rings is 1. The maximum absolute atomic E-state index is 3.69. The average molecular weight is 209 g/mol. The van der Waals surface area contributed by atoms with Crippen molar-refractivity contribution in [1.29, 1.82) is 0 Å². The van der Waals surface area contributed by atoms with E-state index in [0.717, 1.165) is 12.0 Å². The fraction of sp³-hybridized carbons (Fsp3) is 0.667. The predicted octanol–water partition coefficient (Wildman–Crippen LogP) is 3.07. The minimum absolute atomic E-state index is 0.631. The number of nitrogens with one attached hydrogen (secondary N) is 1. The van der Waals surface area contributed by atoms with Crippen LogP contribution in [0.1, 0.15) is 31.6 Å². The summed E-state index contributed by atoms with van der Waals surface area (Å²) < 4.78 is 0. The van der Waals surface area contributed by atoms with Crippen molar-refractivity contribution in [3.8, 4) is 0 Å². The van der Waals surface area contributed by atoms with Gasteiger partial charge in [-0.2, -0.15) is 0 Å². The van der Waals surface area contributed by atoms with Gasteiger partial charge in [-0.3, -0.25) is 0 Å². The third-order valence-corrected chi connectivity index (χ3v) is 3.88. The molecule has 0 aromatic carbocycles. The van der Waals surface area contributed by atoms with Gasteiger partial charge in [0.2, 0.25) is 0 Å². The zero-order valence-corrected chi connectivity index (χ0v) is 9.81. The van der Waals surface area contributed by atoms with E-state index in [0.29, 0.717) is 6.04 Å². The quantitative estimate of drug-likeness (QED) is 0.803. The summed E-state index contributed by atoms with van der Waals surface area (Å²) in [7, 11) is 0. The van der Waals surface area contributed by atoms with Crippen LogP contribution in [-0.4, -0.2) is 12.1 Å². The van der Waals surface area contributed by atoms with E-state index in [9.17, 15) is 0 Å². The first-order chi connectivity index (χ1) is 6.74. The molecule has 1 aromatic heterocycles. The molecular weight excluding hydrogens is 190 g/mol. The molecule has 2 heteroatoms. The van der Waals surface area contributed by atoms with Gasteiger partial charge < -0.3 is 5.32 Å². The standard InChI is InChI=1S/C12H19NS/c1-9-6-11(7-9)13-10(2)8-12-4-3-5-14-12/h3-5,9-11,13H,6-8H2,1-2H3. The van der Waals surface area contributed by atoms with E-state index in [-0.39, 0.29) is 0 Å². The molecule has 0 radical (unpaired) electrons. The molecule has 1 saturated carbocycles. The summed E-state index contributed by atoms with van der Waals surface area (Å²) in [6, 6.07) is 5.79. The SMILES string of the molecule is CC1CC(NC(C)Cc2cccs2)C1. The van der Waals surface area contributed by atoms with Crippen LogP contribution in [0.3, 0.4) is 0 Å². The monoisotopic (exact) mass is 209 g/mol. The summed E-state index contributed by atoms with van der Waals surface area (Å²) in [5, 5.41) is 5.85. The van der Waals surface area contributed by atoms with E-state index in [1.54, 1.807) is 0 Å². The van der Waals surface area contributed by atoms with Crippen LogP contribution >= 0.6 is 11.3 Å². The van der Waals surface area contributed by atoms with Crippen molar-refractivity contribution in [2.75, 3.05) is 0 Å². The lowest BCUT2D eigenvalue weighted by Gasteiger charge is -2.35. The van der Waals surface area contributed by atoms with Crippen LogP contribution in [0.25, 0.3) is 0 Å². The Bertz CT molecular complexity index is 262. The molecule has 1 aliphatic rings. The Hall–Kier alpha value is -0.340. The Morgan fingerprint density at radius 1 is 1.57 bits per heavy atom. The fourth-order valence-corrected chi connectivity index (χ4v) is 3.07. The molecule has 1 fully saturated rings. The van der Waals surface area contributed by atoms with E-state index in [1.807, 2.05) is 11.3 Å². The smallest absolute Gasteiger partial charge is 0.00896 e. The molecule has 1 unspecified atom stereocenters. The zero-order chi connectivity index (χ0) is 9.97. The number of rotatable bonds is 4. The van der Waals surface area contributed by atoms with Crippen molar-refractivity contribution >= 4 is 11.3 Å². The minimum atomic E-state index is 0.631. The Morgan fingerprint density at radius 2 is 2.36 bits per heavy atom. The summed E-state index contributed by atoms with van der Waals surface area (Å²) in [5.74, 6) is 0.946. The molecule has 0 amide bonds. The van der Waals surface area contributed by atoms with Gasteiger partial charge in [0, 0.05) is 17.0 Å². The van der Waals surface area contributed by atoms with Gasteiger partial charge in [-0.05, 0) is 43.6 Å². The highest BCUT2D eigenvalue weighted by Crippen LogP contribution is 2.26. The van der Waals surface area contributed by atoms with Gasteiger partial charge in [0.15, 0.2) is 0 Å². The van der Waals surface area contributed by atoms with E-state index < -0.39 is 0 Å². The third kappa shape index (κ3) is 2.58. The fourth-order valence-electron chi connectivity index (χ4n) is 2.23. The molecule has 1 nitrogen and oxygen atoms in total. The normalized spacial score (nSPS) is 28.4. The molecule has 2 rings (SSSR count). The first kappa shape index (κ1) is 10.2. The maximum Gasteiger partial charge on any atom is 0.00896 e. The summed E-state index contributed by atoms with van der Waals surface area (Å²) in [6.07, 6.45) is 3.92. The molecule has 14 heavy (non-hydrogen) atoms. The van der Waals surface area contributed by atoms with Crippen LogP contribution in [0.15, 0.2) is 17.5 Å². The van der Waals surface area contributed by atoms with Crippen molar-refractivity contribution in [2.45, 2.75) is 45.2 Å². The molecule has 0 spiro atoms. The Kier molecular flexibility index (Phi) is 3.24. The minimum Gasteiger partial charge on any atom is -0.311 e. The topological polar surface area (TPSA) is 12.0 Å². The van der Waals surface area contributed by atoms with Gasteiger partial charge in [0.05, 0.1) is 0 Å². The van der Waals surface area contributed by atoms with Crippen LogP contribution in [0.5, 0.6) is 0 Å². The van der Waals surface area contributed by atoms with Gasteiger partial charge in [-0.25, -0.2) is 0 Å². The van der Waals surface area contributed by atoms with Gasteiger partial charge in [-0.15, -0.1) is 11.3 Å². The largest absolute Gasteiger partial charge is 0.311 e.